The van der Waals surface area contributed by atoms with E-state index in [-0.39, 0.29) is 0 Å². The highest BCUT2D eigenvalue weighted by Crippen LogP contribution is 2.35. The molecule has 0 amide bonds. The van der Waals surface area contributed by atoms with E-state index in [1.165, 1.54) is 11.8 Å². The normalized spacial score (nSPS) is 10.8. The lowest BCUT2D eigenvalue weighted by atomic mass is 10.2. The molecule has 0 saturated carbocycles. The molecule has 0 bridgehead atoms. The summed E-state index contributed by atoms with van der Waals surface area (Å²) in [5.41, 5.74) is 2.70. The minimum Gasteiger partial charge on any atom is -0.493 e. The van der Waals surface area contributed by atoms with Crippen LogP contribution in [0, 0.1) is 0 Å². The maximum atomic E-state index is 5.83. The van der Waals surface area contributed by atoms with Gasteiger partial charge in [-0.15, -0.1) is 21.5 Å². The number of hydrogen-bond acceptors (Lipinski definition) is 9. The van der Waals surface area contributed by atoms with Crippen molar-refractivity contribution in [1.82, 2.24) is 15.2 Å². The summed E-state index contributed by atoms with van der Waals surface area (Å²) >= 11 is 3.02. The maximum Gasteiger partial charge on any atom is 0.277 e. The molecule has 4 aromatic rings. The van der Waals surface area contributed by atoms with Gasteiger partial charge in [0.2, 0.25) is 0 Å². The zero-order valence-electron chi connectivity index (χ0n) is 17.3. The first-order valence-corrected chi connectivity index (χ1v) is 11.4. The molecule has 0 fully saturated rings. The van der Waals surface area contributed by atoms with Gasteiger partial charge in [-0.05, 0) is 37.3 Å². The van der Waals surface area contributed by atoms with E-state index in [9.17, 15) is 0 Å². The van der Waals surface area contributed by atoms with Crippen LogP contribution in [0.15, 0.2) is 57.5 Å². The number of rotatable bonds is 9. The zero-order chi connectivity index (χ0) is 21.6. The molecule has 2 heterocycles. The third-order valence-corrected chi connectivity index (χ3v) is 6.14. The second-order valence-corrected chi connectivity index (χ2v) is 8.09. The van der Waals surface area contributed by atoms with Crippen molar-refractivity contribution in [3.8, 4) is 39.3 Å². The summed E-state index contributed by atoms with van der Waals surface area (Å²) in [6, 6.07) is 13.4. The van der Waals surface area contributed by atoms with Gasteiger partial charge in [0.15, 0.2) is 11.5 Å². The van der Waals surface area contributed by atoms with E-state index in [1.807, 2.05) is 54.8 Å². The summed E-state index contributed by atoms with van der Waals surface area (Å²) in [5.74, 6) is 3.16. The number of ether oxygens (including phenoxy) is 3. The number of thioether (sulfide) groups is 1. The van der Waals surface area contributed by atoms with Crippen LogP contribution in [0.3, 0.4) is 0 Å². The van der Waals surface area contributed by atoms with Crippen LogP contribution in [-0.2, 0) is 5.75 Å². The Labute approximate surface area is 188 Å². The van der Waals surface area contributed by atoms with Crippen molar-refractivity contribution in [3.05, 3.63) is 53.5 Å². The van der Waals surface area contributed by atoms with Gasteiger partial charge >= 0.3 is 0 Å². The lowest BCUT2D eigenvalue weighted by molar-refractivity contribution is 0.340. The molecule has 9 heteroatoms. The van der Waals surface area contributed by atoms with Crippen LogP contribution in [0.4, 0.5) is 0 Å². The van der Waals surface area contributed by atoms with Gasteiger partial charge < -0.3 is 18.6 Å². The Morgan fingerprint density at radius 3 is 2.65 bits per heavy atom. The summed E-state index contributed by atoms with van der Waals surface area (Å²) < 4.78 is 22.2. The van der Waals surface area contributed by atoms with Crippen molar-refractivity contribution in [1.29, 1.82) is 0 Å². The van der Waals surface area contributed by atoms with Crippen molar-refractivity contribution >= 4 is 23.1 Å². The molecule has 4 rings (SSSR count). The monoisotopic (exact) mass is 455 g/mol. The molecule has 2 aromatic carbocycles. The highest BCUT2D eigenvalue weighted by Gasteiger charge is 2.15. The molecule has 160 valence electrons. The minimum absolute atomic E-state index is 0.441. The Hall–Kier alpha value is -3.04. The number of thiazole rings is 1. The number of para-hydroxylation sites is 1. The predicted octanol–water partition coefficient (Wildman–Crippen LogP) is 5.57. The summed E-state index contributed by atoms with van der Waals surface area (Å²) in [6.07, 6.45) is 0. The molecule has 0 atom stereocenters. The molecule has 31 heavy (non-hydrogen) atoms. The number of aromatic nitrogens is 3. The molecule has 0 aliphatic rings. The third-order valence-electron chi connectivity index (χ3n) is 4.35. The number of hydrogen-bond donors (Lipinski definition) is 0. The van der Waals surface area contributed by atoms with Crippen LogP contribution in [-0.4, -0.2) is 36.0 Å². The third kappa shape index (κ3) is 4.83. The second-order valence-electron chi connectivity index (χ2n) is 6.30. The molecule has 0 spiro atoms. The molecule has 0 radical (unpaired) electrons. The van der Waals surface area contributed by atoms with Crippen molar-refractivity contribution in [2.45, 2.75) is 17.9 Å². The standard InChI is InChI=1S/C22H21N3O4S2/c1-4-28-17-8-6-5-7-16(17)20-24-25-22(29-20)31-13-15-12-30-21(23-15)14-9-10-18(26-2)19(11-14)27-3/h5-12H,4,13H2,1-3H3. The van der Waals surface area contributed by atoms with Gasteiger partial charge in [-0.2, -0.15) is 0 Å². The highest BCUT2D eigenvalue weighted by molar-refractivity contribution is 7.98. The quantitative estimate of drug-likeness (QED) is 0.303. The van der Waals surface area contributed by atoms with Gasteiger partial charge in [0.1, 0.15) is 10.8 Å². The molecular formula is C22H21N3O4S2. The summed E-state index contributed by atoms with van der Waals surface area (Å²) in [4.78, 5) is 4.72. The first-order chi connectivity index (χ1) is 15.2. The lowest BCUT2D eigenvalue weighted by Crippen LogP contribution is -1.93. The Balaban J connectivity index is 1.44. The molecule has 0 saturated heterocycles. The van der Waals surface area contributed by atoms with E-state index in [2.05, 4.69) is 10.2 Å². The number of benzene rings is 2. The Morgan fingerprint density at radius 2 is 1.84 bits per heavy atom. The first kappa shape index (κ1) is 21.2. The SMILES string of the molecule is CCOc1ccccc1-c1nnc(SCc2csc(-c3ccc(OC)c(OC)c3)n2)o1. The summed E-state index contributed by atoms with van der Waals surface area (Å²) in [5, 5.41) is 11.7. The molecule has 0 aliphatic carbocycles. The molecule has 7 nitrogen and oxygen atoms in total. The van der Waals surface area contributed by atoms with Gasteiger partial charge in [0.05, 0.1) is 32.1 Å². The van der Waals surface area contributed by atoms with Gasteiger partial charge in [0, 0.05) is 16.7 Å². The molecule has 0 N–H and O–H groups in total. The van der Waals surface area contributed by atoms with Gasteiger partial charge in [0.25, 0.3) is 11.1 Å². The van der Waals surface area contributed by atoms with Gasteiger partial charge in [-0.25, -0.2) is 4.98 Å². The number of nitrogens with zero attached hydrogens (tertiary/aromatic N) is 3. The fourth-order valence-corrected chi connectivity index (χ4v) is 4.49. The van der Waals surface area contributed by atoms with Crippen molar-refractivity contribution in [2.75, 3.05) is 20.8 Å². The average Bonchev–Trinajstić information content (AvgIpc) is 3.47. The van der Waals surface area contributed by atoms with Crippen LogP contribution in [0.25, 0.3) is 22.0 Å². The highest BCUT2D eigenvalue weighted by atomic mass is 32.2. The lowest BCUT2D eigenvalue weighted by Gasteiger charge is -2.08. The predicted molar refractivity (Wildman–Crippen MR) is 121 cm³/mol. The van der Waals surface area contributed by atoms with Gasteiger partial charge in [-0.3, -0.25) is 0 Å². The zero-order valence-corrected chi connectivity index (χ0v) is 19.0. The topological polar surface area (TPSA) is 79.5 Å². The minimum atomic E-state index is 0.441. The molecule has 0 aliphatic heterocycles. The van der Waals surface area contributed by atoms with E-state index in [0.717, 1.165) is 27.6 Å². The van der Waals surface area contributed by atoms with Gasteiger partial charge in [-0.1, -0.05) is 23.9 Å². The average molecular weight is 456 g/mol. The molecular weight excluding hydrogens is 434 g/mol. The fraction of sp³-hybridized carbons (Fsp3) is 0.227. The fourth-order valence-electron chi connectivity index (χ4n) is 2.91. The molecule has 2 aromatic heterocycles. The van der Waals surface area contributed by atoms with Crippen LogP contribution in [0.5, 0.6) is 17.2 Å². The Morgan fingerprint density at radius 1 is 1.00 bits per heavy atom. The van der Waals surface area contributed by atoms with E-state index in [4.69, 9.17) is 23.6 Å². The van der Waals surface area contributed by atoms with Crippen molar-refractivity contribution < 1.29 is 18.6 Å². The van der Waals surface area contributed by atoms with Crippen LogP contribution < -0.4 is 14.2 Å². The van der Waals surface area contributed by atoms with E-state index in [1.54, 1.807) is 25.6 Å². The Bertz CT molecular complexity index is 1160. The van der Waals surface area contributed by atoms with E-state index in [0.29, 0.717) is 35.0 Å². The Kier molecular flexibility index (Phi) is 6.73. The second kappa shape index (κ2) is 9.84. The maximum absolute atomic E-state index is 5.83. The smallest absolute Gasteiger partial charge is 0.277 e. The van der Waals surface area contributed by atoms with Crippen LogP contribution in [0.2, 0.25) is 0 Å². The first-order valence-electron chi connectivity index (χ1n) is 9.57. The van der Waals surface area contributed by atoms with Crippen LogP contribution >= 0.6 is 23.1 Å². The summed E-state index contributed by atoms with van der Waals surface area (Å²) in [7, 11) is 3.24. The molecule has 0 unspecified atom stereocenters. The van der Waals surface area contributed by atoms with E-state index < -0.39 is 0 Å². The van der Waals surface area contributed by atoms with Crippen LogP contribution in [0.1, 0.15) is 12.6 Å². The summed E-state index contributed by atoms with van der Waals surface area (Å²) in [6.45, 7) is 2.51. The van der Waals surface area contributed by atoms with E-state index >= 15 is 0 Å². The number of methoxy groups -OCH3 is 2. The van der Waals surface area contributed by atoms with Crippen molar-refractivity contribution in [2.24, 2.45) is 0 Å². The largest absolute Gasteiger partial charge is 0.493 e. The van der Waals surface area contributed by atoms with Crippen molar-refractivity contribution in [3.63, 3.8) is 0 Å².